The molecule has 0 aromatic heterocycles. The zero-order valence-electron chi connectivity index (χ0n) is 9.96. The summed E-state index contributed by atoms with van der Waals surface area (Å²) in [6.45, 7) is -0.318. The standard InChI is InChI=1S/C11H12F3NO3S/c1-15-7-9(10(18-15)11(12,13)14)19(16,17)8-5-3-2-4-6-8/h2-6,9-10H,7H2,1H3/t9-,10-/m1/s1. The molecule has 1 aromatic carbocycles. The minimum Gasteiger partial charge on any atom is -0.285 e. The average molecular weight is 295 g/mol. The van der Waals surface area contributed by atoms with Gasteiger partial charge in [0.25, 0.3) is 0 Å². The van der Waals surface area contributed by atoms with Gasteiger partial charge in [0.15, 0.2) is 15.9 Å². The first-order valence-corrected chi connectivity index (χ1v) is 7.01. The van der Waals surface area contributed by atoms with Gasteiger partial charge in [-0.3, -0.25) is 4.84 Å². The van der Waals surface area contributed by atoms with E-state index in [2.05, 4.69) is 4.84 Å². The molecule has 19 heavy (non-hydrogen) atoms. The fourth-order valence-electron chi connectivity index (χ4n) is 1.97. The van der Waals surface area contributed by atoms with Crippen LogP contribution in [0.3, 0.4) is 0 Å². The number of hydrogen-bond donors (Lipinski definition) is 0. The molecule has 2 atom stereocenters. The first-order valence-electron chi connectivity index (χ1n) is 5.46. The summed E-state index contributed by atoms with van der Waals surface area (Å²) in [6, 6.07) is 7.09. The Morgan fingerprint density at radius 3 is 2.37 bits per heavy atom. The van der Waals surface area contributed by atoms with Crippen molar-refractivity contribution in [2.24, 2.45) is 0 Å². The van der Waals surface area contributed by atoms with E-state index in [1.54, 1.807) is 6.07 Å². The topological polar surface area (TPSA) is 46.6 Å². The Labute approximate surface area is 108 Å². The van der Waals surface area contributed by atoms with Gasteiger partial charge in [-0.1, -0.05) is 18.2 Å². The monoisotopic (exact) mass is 295 g/mol. The first kappa shape index (κ1) is 14.3. The van der Waals surface area contributed by atoms with Crippen LogP contribution in [0.25, 0.3) is 0 Å². The summed E-state index contributed by atoms with van der Waals surface area (Å²) in [5.74, 6) is 0. The van der Waals surface area contributed by atoms with Crippen molar-refractivity contribution in [2.45, 2.75) is 22.4 Å². The third kappa shape index (κ3) is 2.75. The number of alkyl halides is 3. The highest BCUT2D eigenvalue weighted by atomic mass is 32.2. The van der Waals surface area contributed by atoms with Gasteiger partial charge in [-0.15, -0.1) is 0 Å². The number of rotatable bonds is 2. The second kappa shape index (κ2) is 4.77. The molecule has 0 aliphatic carbocycles. The van der Waals surface area contributed by atoms with Crippen LogP contribution in [-0.4, -0.2) is 44.6 Å². The Bertz CT molecular complexity index is 544. The number of hydroxylamine groups is 2. The van der Waals surface area contributed by atoms with E-state index in [-0.39, 0.29) is 11.4 Å². The molecule has 1 heterocycles. The lowest BCUT2D eigenvalue weighted by atomic mass is 10.2. The minimum absolute atomic E-state index is 0.131. The summed E-state index contributed by atoms with van der Waals surface area (Å²) < 4.78 is 62.9. The second-order valence-corrected chi connectivity index (χ2v) is 6.44. The molecular weight excluding hydrogens is 283 g/mol. The Balaban J connectivity index is 2.40. The molecule has 0 unspecified atom stereocenters. The Morgan fingerprint density at radius 1 is 1.26 bits per heavy atom. The summed E-state index contributed by atoms with van der Waals surface area (Å²) in [7, 11) is -2.81. The van der Waals surface area contributed by atoms with Gasteiger partial charge < -0.3 is 0 Å². The van der Waals surface area contributed by atoms with Gasteiger partial charge in [-0.25, -0.2) is 8.42 Å². The van der Waals surface area contributed by atoms with Crippen molar-refractivity contribution in [2.75, 3.05) is 13.6 Å². The number of benzene rings is 1. The van der Waals surface area contributed by atoms with Crippen molar-refractivity contribution in [3.8, 4) is 0 Å². The van der Waals surface area contributed by atoms with Crippen molar-refractivity contribution >= 4 is 9.84 Å². The molecule has 0 spiro atoms. The highest BCUT2D eigenvalue weighted by Crippen LogP contribution is 2.35. The van der Waals surface area contributed by atoms with E-state index < -0.39 is 27.4 Å². The molecule has 1 saturated heterocycles. The van der Waals surface area contributed by atoms with Crippen LogP contribution in [-0.2, 0) is 14.7 Å². The van der Waals surface area contributed by atoms with Crippen LogP contribution in [0.5, 0.6) is 0 Å². The molecule has 2 rings (SSSR count). The molecular formula is C11H12F3NO3S. The number of hydrogen-bond acceptors (Lipinski definition) is 4. The second-order valence-electron chi connectivity index (χ2n) is 4.27. The van der Waals surface area contributed by atoms with E-state index in [1.807, 2.05) is 0 Å². The van der Waals surface area contributed by atoms with E-state index in [0.717, 1.165) is 5.06 Å². The molecule has 0 N–H and O–H groups in total. The molecule has 0 saturated carbocycles. The lowest BCUT2D eigenvalue weighted by molar-refractivity contribution is -0.257. The molecule has 106 valence electrons. The fraction of sp³-hybridized carbons (Fsp3) is 0.455. The van der Waals surface area contributed by atoms with E-state index in [0.29, 0.717) is 0 Å². The van der Waals surface area contributed by atoms with Crippen molar-refractivity contribution in [3.63, 3.8) is 0 Å². The predicted molar refractivity (Wildman–Crippen MR) is 61.0 cm³/mol. The zero-order valence-corrected chi connectivity index (χ0v) is 10.8. The largest absolute Gasteiger partial charge is 0.418 e. The zero-order chi connectivity index (χ0) is 14.3. The number of sulfone groups is 1. The number of nitrogens with zero attached hydrogens (tertiary/aromatic N) is 1. The molecule has 0 bridgehead atoms. The molecule has 4 nitrogen and oxygen atoms in total. The summed E-state index contributed by atoms with van der Waals surface area (Å²) in [5.41, 5.74) is 0. The van der Waals surface area contributed by atoms with E-state index >= 15 is 0 Å². The van der Waals surface area contributed by atoms with E-state index in [1.165, 1.54) is 31.3 Å². The Kier molecular flexibility index (Phi) is 3.59. The highest BCUT2D eigenvalue weighted by molar-refractivity contribution is 7.92. The van der Waals surface area contributed by atoms with Gasteiger partial charge >= 0.3 is 6.18 Å². The molecule has 8 heteroatoms. The number of halogens is 3. The molecule has 1 aromatic rings. The maximum absolute atomic E-state index is 12.8. The lowest BCUT2D eigenvalue weighted by Gasteiger charge is -2.20. The SMILES string of the molecule is CN1C[C@@H](S(=O)(=O)c2ccccc2)[C@H](C(F)(F)F)O1. The highest BCUT2D eigenvalue weighted by Gasteiger charge is 2.56. The van der Waals surface area contributed by atoms with Gasteiger partial charge in [0.2, 0.25) is 0 Å². The van der Waals surface area contributed by atoms with Crippen molar-refractivity contribution in [3.05, 3.63) is 30.3 Å². The van der Waals surface area contributed by atoms with Crippen LogP contribution >= 0.6 is 0 Å². The lowest BCUT2D eigenvalue weighted by Crippen LogP contribution is -2.42. The first-order chi connectivity index (χ1) is 8.73. The molecule has 0 radical (unpaired) electrons. The van der Waals surface area contributed by atoms with Gasteiger partial charge in [0.05, 0.1) is 4.90 Å². The van der Waals surface area contributed by atoms with Gasteiger partial charge in [0, 0.05) is 13.6 Å². The predicted octanol–water partition coefficient (Wildman–Crippen LogP) is 1.64. The smallest absolute Gasteiger partial charge is 0.285 e. The third-order valence-corrected chi connectivity index (χ3v) is 4.98. The van der Waals surface area contributed by atoms with Crippen LogP contribution < -0.4 is 0 Å². The van der Waals surface area contributed by atoms with Gasteiger partial charge in [0.1, 0.15) is 5.25 Å². The van der Waals surface area contributed by atoms with Crippen molar-refractivity contribution in [1.29, 1.82) is 0 Å². The van der Waals surface area contributed by atoms with E-state index in [4.69, 9.17) is 0 Å². The van der Waals surface area contributed by atoms with Crippen LogP contribution in [0.15, 0.2) is 35.2 Å². The van der Waals surface area contributed by atoms with Crippen molar-refractivity contribution in [1.82, 2.24) is 5.06 Å². The Morgan fingerprint density at radius 2 is 1.84 bits per heavy atom. The molecule has 1 aliphatic heterocycles. The van der Waals surface area contributed by atoms with Gasteiger partial charge in [-0.05, 0) is 12.1 Å². The van der Waals surface area contributed by atoms with Crippen LogP contribution in [0.4, 0.5) is 13.2 Å². The average Bonchev–Trinajstić information content (AvgIpc) is 2.73. The normalized spacial score (nSPS) is 25.7. The summed E-state index contributed by atoms with van der Waals surface area (Å²) >= 11 is 0. The maximum atomic E-state index is 12.8. The minimum atomic E-state index is -4.72. The fourth-order valence-corrected chi connectivity index (χ4v) is 3.79. The summed E-state index contributed by atoms with van der Waals surface area (Å²) in [5, 5.41) is -0.747. The third-order valence-electron chi connectivity index (χ3n) is 2.86. The Hall–Kier alpha value is -1.12. The van der Waals surface area contributed by atoms with Crippen LogP contribution in [0.1, 0.15) is 0 Å². The molecule has 0 amide bonds. The molecule has 1 aliphatic rings. The quantitative estimate of drug-likeness (QED) is 0.832. The maximum Gasteiger partial charge on any atom is 0.418 e. The van der Waals surface area contributed by atoms with Crippen molar-refractivity contribution < 1.29 is 26.4 Å². The summed E-state index contributed by atoms with van der Waals surface area (Å²) in [6.07, 6.45) is -7.06. The van der Waals surface area contributed by atoms with Gasteiger partial charge in [-0.2, -0.15) is 18.2 Å². The molecule has 1 fully saturated rings. The summed E-state index contributed by atoms with van der Waals surface area (Å²) in [4.78, 5) is 4.44. The van der Waals surface area contributed by atoms with Crippen LogP contribution in [0.2, 0.25) is 0 Å². The van der Waals surface area contributed by atoms with Crippen LogP contribution in [0, 0.1) is 0 Å². The van der Waals surface area contributed by atoms with E-state index in [9.17, 15) is 21.6 Å².